The van der Waals surface area contributed by atoms with Gasteiger partial charge in [-0.1, -0.05) is 17.7 Å². The Morgan fingerprint density at radius 1 is 1.37 bits per heavy atom. The minimum atomic E-state index is 0.436. The molecule has 0 bridgehead atoms. The first kappa shape index (κ1) is 12.8. The molecule has 0 radical (unpaired) electrons. The normalized spacial score (nSPS) is 20.7. The Balaban J connectivity index is 1.77. The summed E-state index contributed by atoms with van der Waals surface area (Å²) in [6.45, 7) is 2.31. The number of hydrogen-bond donors (Lipinski definition) is 2. The van der Waals surface area contributed by atoms with Gasteiger partial charge in [0.25, 0.3) is 0 Å². The van der Waals surface area contributed by atoms with Crippen LogP contribution in [0.1, 0.15) is 34.3 Å². The second kappa shape index (κ2) is 4.73. The summed E-state index contributed by atoms with van der Waals surface area (Å²) < 4.78 is 0. The van der Waals surface area contributed by atoms with Gasteiger partial charge in [-0.2, -0.15) is 0 Å². The molecule has 1 heterocycles. The molecule has 3 rings (SSSR count). The largest absolute Gasteiger partial charge is 0.316 e. The van der Waals surface area contributed by atoms with Crippen LogP contribution in [0, 0.1) is 16.7 Å². The van der Waals surface area contributed by atoms with Crippen LogP contribution < -0.4 is 5.32 Å². The van der Waals surface area contributed by atoms with Crippen molar-refractivity contribution < 1.29 is 4.79 Å². The van der Waals surface area contributed by atoms with Crippen LogP contribution in [0.5, 0.6) is 0 Å². The van der Waals surface area contributed by atoms with E-state index < -0.39 is 0 Å². The summed E-state index contributed by atoms with van der Waals surface area (Å²) in [5, 5.41) is 11.3. The predicted octanol–water partition coefficient (Wildman–Crippen LogP) is 2.69. The van der Waals surface area contributed by atoms with Gasteiger partial charge in [-0.25, -0.2) is 0 Å². The second-order valence-corrected chi connectivity index (χ2v) is 6.29. The van der Waals surface area contributed by atoms with Crippen LogP contribution >= 0.6 is 11.6 Å². The molecule has 1 aromatic rings. The molecular formula is C15H17ClN2O. The van der Waals surface area contributed by atoms with Gasteiger partial charge in [0.15, 0.2) is 6.29 Å². The van der Waals surface area contributed by atoms with Crippen molar-refractivity contribution in [3.63, 3.8) is 0 Å². The second-order valence-electron chi connectivity index (χ2n) is 5.88. The molecule has 0 aromatic heterocycles. The standard InChI is InChI=1S/C15H17ClN2O/c16-14-2-1-11(12(6-17)13(14)7-19)3-10-4-15(5-10)8-18-9-15/h1-2,6-7,10,17-18H,3-5,8-9H2. The van der Waals surface area contributed by atoms with Crippen LogP contribution in [0.2, 0.25) is 5.02 Å². The first-order valence-corrected chi connectivity index (χ1v) is 7.03. The van der Waals surface area contributed by atoms with E-state index in [1.54, 1.807) is 6.07 Å². The molecule has 100 valence electrons. The van der Waals surface area contributed by atoms with E-state index in [0.717, 1.165) is 31.4 Å². The lowest BCUT2D eigenvalue weighted by atomic mass is 9.57. The maximum absolute atomic E-state index is 11.1. The number of nitrogens with one attached hydrogen (secondary N) is 2. The molecule has 1 aliphatic heterocycles. The minimum Gasteiger partial charge on any atom is -0.316 e. The molecule has 0 amide bonds. The van der Waals surface area contributed by atoms with E-state index in [1.807, 2.05) is 6.07 Å². The van der Waals surface area contributed by atoms with Crippen LogP contribution in [-0.2, 0) is 6.42 Å². The van der Waals surface area contributed by atoms with Crippen LogP contribution in [-0.4, -0.2) is 25.6 Å². The number of halogens is 1. The molecule has 0 atom stereocenters. The van der Waals surface area contributed by atoms with Crippen LogP contribution in [0.25, 0.3) is 0 Å². The Bertz CT molecular complexity index is 529. The van der Waals surface area contributed by atoms with Gasteiger partial charge in [-0.05, 0) is 42.2 Å². The molecule has 2 aliphatic rings. The third-order valence-electron chi connectivity index (χ3n) is 4.54. The van der Waals surface area contributed by atoms with Gasteiger partial charge < -0.3 is 10.7 Å². The molecule has 2 fully saturated rings. The third kappa shape index (κ3) is 2.11. The first-order chi connectivity index (χ1) is 9.17. The molecule has 4 heteroatoms. The topological polar surface area (TPSA) is 53.0 Å². The van der Waals surface area contributed by atoms with Crippen molar-refractivity contribution in [2.75, 3.05) is 13.1 Å². The van der Waals surface area contributed by atoms with E-state index in [1.165, 1.54) is 19.1 Å². The maximum Gasteiger partial charge on any atom is 0.152 e. The van der Waals surface area contributed by atoms with Crippen LogP contribution in [0.15, 0.2) is 12.1 Å². The molecule has 1 saturated carbocycles. The lowest BCUT2D eigenvalue weighted by molar-refractivity contribution is 0.000875. The zero-order chi connectivity index (χ0) is 13.5. The van der Waals surface area contributed by atoms with Gasteiger partial charge in [0, 0.05) is 30.4 Å². The molecule has 1 aromatic carbocycles. The summed E-state index contributed by atoms with van der Waals surface area (Å²) >= 11 is 6.00. The highest BCUT2D eigenvalue weighted by molar-refractivity contribution is 6.33. The fourth-order valence-electron chi connectivity index (χ4n) is 3.51. The fraction of sp³-hybridized carbons (Fsp3) is 0.467. The lowest BCUT2D eigenvalue weighted by Gasteiger charge is -2.54. The summed E-state index contributed by atoms with van der Waals surface area (Å²) in [5.41, 5.74) is 2.78. The molecule has 0 unspecified atom stereocenters. The van der Waals surface area contributed by atoms with Crippen LogP contribution in [0.4, 0.5) is 0 Å². The number of carbonyl (C=O) groups excluding carboxylic acids is 1. The van der Waals surface area contributed by atoms with Crippen molar-refractivity contribution in [2.24, 2.45) is 11.3 Å². The Hall–Kier alpha value is -1.19. The van der Waals surface area contributed by atoms with E-state index in [2.05, 4.69) is 5.32 Å². The van der Waals surface area contributed by atoms with Crippen molar-refractivity contribution in [3.05, 3.63) is 33.8 Å². The number of rotatable bonds is 4. The van der Waals surface area contributed by atoms with Crippen LogP contribution in [0.3, 0.4) is 0 Å². The molecule has 1 saturated heterocycles. The van der Waals surface area contributed by atoms with E-state index >= 15 is 0 Å². The van der Waals surface area contributed by atoms with Gasteiger partial charge in [0.1, 0.15) is 0 Å². The average Bonchev–Trinajstić information content (AvgIpc) is 2.31. The van der Waals surface area contributed by atoms with Gasteiger partial charge in [-0.3, -0.25) is 4.79 Å². The van der Waals surface area contributed by atoms with Crippen molar-refractivity contribution in [2.45, 2.75) is 19.3 Å². The summed E-state index contributed by atoms with van der Waals surface area (Å²) in [6, 6.07) is 3.73. The number of benzene rings is 1. The summed E-state index contributed by atoms with van der Waals surface area (Å²) in [4.78, 5) is 11.1. The monoisotopic (exact) mass is 276 g/mol. The van der Waals surface area contributed by atoms with E-state index in [9.17, 15) is 4.79 Å². The Morgan fingerprint density at radius 3 is 2.63 bits per heavy atom. The lowest BCUT2D eigenvalue weighted by Crippen LogP contribution is -2.60. The van der Waals surface area contributed by atoms with Crippen molar-refractivity contribution in [3.8, 4) is 0 Å². The smallest absolute Gasteiger partial charge is 0.152 e. The molecule has 3 nitrogen and oxygen atoms in total. The SMILES string of the molecule is N=Cc1c(CC2CC3(CNC3)C2)ccc(Cl)c1C=O. The van der Waals surface area contributed by atoms with Crippen molar-refractivity contribution in [1.82, 2.24) is 5.32 Å². The zero-order valence-corrected chi connectivity index (χ0v) is 11.5. The Labute approximate surface area is 117 Å². The average molecular weight is 277 g/mol. The highest BCUT2D eigenvalue weighted by atomic mass is 35.5. The summed E-state index contributed by atoms with van der Waals surface area (Å²) in [7, 11) is 0. The molecule has 19 heavy (non-hydrogen) atoms. The van der Waals surface area contributed by atoms with E-state index in [4.69, 9.17) is 17.0 Å². The van der Waals surface area contributed by atoms with Gasteiger partial charge >= 0.3 is 0 Å². The Kier molecular flexibility index (Phi) is 3.19. The molecule has 1 aliphatic carbocycles. The quantitative estimate of drug-likeness (QED) is 0.656. The van der Waals surface area contributed by atoms with E-state index in [-0.39, 0.29) is 0 Å². The fourth-order valence-corrected chi connectivity index (χ4v) is 3.72. The molecule has 2 N–H and O–H groups in total. The van der Waals surface area contributed by atoms with Gasteiger partial charge in [-0.15, -0.1) is 0 Å². The maximum atomic E-state index is 11.1. The van der Waals surface area contributed by atoms with E-state index in [0.29, 0.717) is 27.5 Å². The van der Waals surface area contributed by atoms with Gasteiger partial charge in [0.05, 0.1) is 5.02 Å². The highest BCUT2D eigenvalue weighted by Gasteiger charge is 2.47. The van der Waals surface area contributed by atoms with Crippen molar-refractivity contribution in [1.29, 1.82) is 5.41 Å². The number of hydrogen-bond acceptors (Lipinski definition) is 3. The van der Waals surface area contributed by atoms with Gasteiger partial charge in [0.2, 0.25) is 0 Å². The predicted molar refractivity (Wildman–Crippen MR) is 76.5 cm³/mol. The number of carbonyl (C=O) groups is 1. The summed E-state index contributed by atoms with van der Waals surface area (Å²) in [5.74, 6) is 0.682. The Morgan fingerprint density at radius 2 is 2.11 bits per heavy atom. The minimum absolute atomic E-state index is 0.436. The highest BCUT2D eigenvalue weighted by Crippen LogP contribution is 2.49. The third-order valence-corrected chi connectivity index (χ3v) is 4.87. The summed E-state index contributed by atoms with van der Waals surface area (Å²) in [6.07, 6.45) is 5.48. The molecular weight excluding hydrogens is 260 g/mol. The first-order valence-electron chi connectivity index (χ1n) is 6.65. The number of aldehydes is 1. The zero-order valence-electron chi connectivity index (χ0n) is 10.7. The molecule has 1 spiro atoms. The van der Waals surface area contributed by atoms with Crippen molar-refractivity contribution >= 4 is 24.1 Å².